The van der Waals surface area contributed by atoms with Gasteiger partial charge in [0.05, 0.1) is 0 Å². The fourth-order valence-corrected chi connectivity index (χ4v) is 2.83. The molecule has 3 heterocycles. The zero-order valence-corrected chi connectivity index (χ0v) is 13.9. The summed E-state index contributed by atoms with van der Waals surface area (Å²) in [6.45, 7) is 11.5. The predicted octanol–water partition coefficient (Wildman–Crippen LogP) is 3.04. The van der Waals surface area contributed by atoms with Crippen LogP contribution in [0.15, 0.2) is 24.7 Å². The lowest BCUT2D eigenvalue weighted by Crippen LogP contribution is -2.32. The molecule has 0 aromatic carbocycles. The zero-order valence-electron chi connectivity index (χ0n) is 13.9. The van der Waals surface area contributed by atoms with Crippen molar-refractivity contribution in [3.8, 4) is 0 Å². The fourth-order valence-electron chi connectivity index (χ4n) is 2.83. The minimum absolute atomic E-state index is 0.0133. The Bertz CT molecular complexity index is 673. The summed E-state index contributed by atoms with van der Waals surface area (Å²) in [7, 11) is 0. The summed E-state index contributed by atoms with van der Waals surface area (Å²) < 4.78 is 0. The van der Waals surface area contributed by atoms with Gasteiger partial charge in [0.1, 0.15) is 5.82 Å². The predicted molar refractivity (Wildman–Crippen MR) is 87.5 cm³/mol. The highest BCUT2D eigenvalue weighted by atomic mass is 15.1. The lowest BCUT2D eigenvalue weighted by molar-refractivity contribution is 0.242. The van der Waals surface area contributed by atoms with E-state index in [1.54, 1.807) is 0 Å². The van der Waals surface area contributed by atoms with E-state index in [-0.39, 0.29) is 5.41 Å². The van der Waals surface area contributed by atoms with E-state index < -0.39 is 0 Å². The molecule has 22 heavy (non-hydrogen) atoms. The molecule has 4 heteroatoms. The number of hydrogen-bond acceptors (Lipinski definition) is 4. The number of hydrogen-bond donors (Lipinski definition) is 0. The summed E-state index contributed by atoms with van der Waals surface area (Å²) in [6, 6.07) is 2.21. The number of aryl methyl sites for hydroxylation is 1. The summed E-state index contributed by atoms with van der Waals surface area (Å²) in [6.07, 6.45) is 6.88. The molecule has 0 N–H and O–H groups in total. The van der Waals surface area contributed by atoms with E-state index in [2.05, 4.69) is 48.6 Å². The number of aromatic nitrogens is 3. The molecule has 2 aromatic heterocycles. The smallest absolute Gasteiger partial charge is 0.133 e. The van der Waals surface area contributed by atoms with E-state index in [1.807, 2.05) is 18.6 Å². The van der Waals surface area contributed by atoms with Crippen LogP contribution in [-0.4, -0.2) is 26.4 Å². The molecule has 0 saturated heterocycles. The van der Waals surface area contributed by atoms with Gasteiger partial charge in [-0.2, -0.15) is 0 Å². The normalized spacial score (nSPS) is 15.6. The Kier molecular flexibility index (Phi) is 3.96. The maximum absolute atomic E-state index is 4.79. The third-order valence-corrected chi connectivity index (χ3v) is 4.02. The van der Waals surface area contributed by atoms with Gasteiger partial charge in [0.25, 0.3) is 0 Å². The highest BCUT2D eigenvalue weighted by molar-refractivity contribution is 5.23. The van der Waals surface area contributed by atoms with Gasteiger partial charge in [-0.05, 0) is 18.1 Å². The standard InChI is InChI=1S/C18H24N4/c1-13-7-14(9-19-8-13)11-22-6-5-16-15(12-22)10-20-17(21-16)18(2,3)4/h7-10H,5-6,11-12H2,1-4H3. The van der Waals surface area contributed by atoms with Crippen molar-refractivity contribution in [2.45, 2.75) is 52.6 Å². The van der Waals surface area contributed by atoms with Gasteiger partial charge in [-0.3, -0.25) is 9.88 Å². The molecule has 1 aliphatic heterocycles. The molecule has 116 valence electrons. The zero-order chi connectivity index (χ0) is 15.7. The molecule has 0 bridgehead atoms. The Hall–Kier alpha value is -1.81. The first-order chi connectivity index (χ1) is 10.4. The third-order valence-electron chi connectivity index (χ3n) is 4.02. The van der Waals surface area contributed by atoms with Crippen LogP contribution in [0.5, 0.6) is 0 Å². The molecule has 0 saturated carbocycles. The Balaban J connectivity index is 1.74. The second-order valence-corrected chi connectivity index (χ2v) is 7.25. The minimum Gasteiger partial charge on any atom is -0.294 e. The number of nitrogens with zero attached hydrogens (tertiary/aromatic N) is 4. The van der Waals surface area contributed by atoms with Gasteiger partial charge in [-0.15, -0.1) is 0 Å². The fraction of sp³-hybridized carbons (Fsp3) is 0.500. The summed E-state index contributed by atoms with van der Waals surface area (Å²) in [4.78, 5) is 16.1. The Labute approximate surface area is 132 Å². The molecule has 0 unspecified atom stereocenters. The van der Waals surface area contributed by atoms with Gasteiger partial charge < -0.3 is 0 Å². The van der Waals surface area contributed by atoms with Crippen molar-refractivity contribution < 1.29 is 0 Å². The molecule has 0 spiro atoms. The maximum atomic E-state index is 4.79. The lowest BCUT2D eigenvalue weighted by atomic mass is 9.95. The van der Waals surface area contributed by atoms with Crippen LogP contribution < -0.4 is 0 Å². The van der Waals surface area contributed by atoms with E-state index in [4.69, 9.17) is 4.98 Å². The molecular weight excluding hydrogens is 272 g/mol. The van der Waals surface area contributed by atoms with E-state index in [0.29, 0.717) is 0 Å². The van der Waals surface area contributed by atoms with Gasteiger partial charge >= 0.3 is 0 Å². The average molecular weight is 296 g/mol. The Morgan fingerprint density at radius 1 is 1.18 bits per heavy atom. The van der Waals surface area contributed by atoms with E-state index in [1.165, 1.54) is 22.4 Å². The highest BCUT2D eigenvalue weighted by Gasteiger charge is 2.22. The van der Waals surface area contributed by atoms with E-state index >= 15 is 0 Å². The van der Waals surface area contributed by atoms with Gasteiger partial charge in [0, 0.05) is 61.3 Å². The number of rotatable bonds is 2. The molecule has 3 rings (SSSR count). The van der Waals surface area contributed by atoms with Crippen molar-refractivity contribution in [1.82, 2.24) is 19.9 Å². The average Bonchev–Trinajstić information content (AvgIpc) is 2.45. The van der Waals surface area contributed by atoms with Crippen molar-refractivity contribution in [2.24, 2.45) is 0 Å². The molecule has 0 radical (unpaired) electrons. The van der Waals surface area contributed by atoms with Crippen LogP contribution in [0.2, 0.25) is 0 Å². The first kappa shape index (κ1) is 15.1. The van der Waals surface area contributed by atoms with Crippen molar-refractivity contribution in [3.05, 3.63) is 52.9 Å². The largest absolute Gasteiger partial charge is 0.294 e. The Morgan fingerprint density at radius 3 is 2.73 bits per heavy atom. The monoisotopic (exact) mass is 296 g/mol. The molecule has 2 aromatic rings. The lowest BCUT2D eigenvalue weighted by Gasteiger charge is -2.29. The number of pyridine rings is 1. The van der Waals surface area contributed by atoms with Crippen LogP contribution in [-0.2, 0) is 24.9 Å². The first-order valence-corrected chi connectivity index (χ1v) is 7.90. The summed E-state index contributed by atoms with van der Waals surface area (Å²) in [5.74, 6) is 0.947. The van der Waals surface area contributed by atoms with Gasteiger partial charge in [-0.25, -0.2) is 9.97 Å². The molecular formula is C18H24N4. The van der Waals surface area contributed by atoms with Crippen LogP contribution >= 0.6 is 0 Å². The second kappa shape index (κ2) is 5.76. The van der Waals surface area contributed by atoms with Crippen LogP contribution in [0.3, 0.4) is 0 Å². The van der Waals surface area contributed by atoms with Gasteiger partial charge in [-0.1, -0.05) is 26.8 Å². The van der Waals surface area contributed by atoms with Crippen molar-refractivity contribution in [1.29, 1.82) is 0 Å². The minimum atomic E-state index is 0.0133. The van der Waals surface area contributed by atoms with Crippen molar-refractivity contribution in [2.75, 3.05) is 6.54 Å². The molecule has 0 atom stereocenters. The summed E-state index contributed by atoms with van der Waals surface area (Å²) in [5.41, 5.74) is 4.99. The van der Waals surface area contributed by atoms with E-state index in [0.717, 1.165) is 31.9 Å². The van der Waals surface area contributed by atoms with Gasteiger partial charge in [0.15, 0.2) is 0 Å². The van der Waals surface area contributed by atoms with Gasteiger partial charge in [0.2, 0.25) is 0 Å². The van der Waals surface area contributed by atoms with Crippen LogP contribution in [0, 0.1) is 6.92 Å². The van der Waals surface area contributed by atoms with Crippen LogP contribution in [0.1, 0.15) is 49.0 Å². The SMILES string of the molecule is Cc1cncc(CN2CCc3nc(C(C)(C)C)ncc3C2)c1. The summed E-state index contributed by atoms with van der Waals surface area (Å²) >= 11 is 0. The van der Waals surface area contributed by atoms with E-state index in [9.17, 15) is 0 Å². The topological polar surface area (TPSA) is 41.9 Å². The van der Waals surface area contributed by atoms with Crippen LogP contribution in [0.4, 0.5) is 0 Å². The summed E-state index contributed by atoms with van der Waals surface area (Å²) in [5, 5.41) is 0. The van der Waals surface area contributed by atoms with Crippen molar-refractivity contribution >= 4 is 0 Å². The first-order valence-electron chi connectivity index (χ1n) is 7.90. The van der Waals surface area contributed by atoms with Crippen molar-refractivity contribution in [3.63, 3.8) is 0 Å². The number of fused-ring (bicyclic) bond motifs is 1. The molecule has 0 aliphatic carbocycles. The molecule has 0 fully saturated rings. The Morgan fingerprint density at radius 2 is 2.00 bits per heavy atom. The highest BCUT2D eigenvalue weighted by Crippen LogP contribution is 2.23. The molecule has 1 aliphatic rings. The molecule has 4 nitrogen and oxygen atoms in total. The second-order valence-electron chi connectivity index (χ2n) is 7.25. The molecule has 0 amide bonds. The quantitative estimate of drug-likeness (QED) is 0.854. The van der Waals surface area contributed by atoms with Crippen LogP contribution in [0.25, 0.3) is 0 Å². The maximum Gasteiger partial charge on any atom is 0.133 e. The third kappa shape index (κ3) is 3.33.